The first-order valence-corrected chi connectivity index (χ1v) is 23.4. The van der Waals surface area contributed by atoms with Crippen molar-refractivity contribution in [2.24, 2.45) is 5.92 Å². The van der Waals surface area contributed by atoms with E-state index in [2.05, 4.69) is 33.5 Å². The zero-order chi connectivity index (χ0) is 51.3. The lowest BCUT2D eigenvalue weighted by Gasteiger charge is -2.35. The number of carbonyl (C=O) groups is 6. The Morgan fingerprint density at radius 1 is 0.754 bits per heavy atom. The number of nitrogens with zero attached hydrogens (tertiary/aromatic N) is 2. The van der Waals surface area contributed by atoms with Crippen LogP contribution in [0.5, 0.6) is 5.75 Å². The lowest BCUT2D eigenvalue weighted by atomic mass is 9.96. The minimum Gasteiger partial charge on any atom is -0.508 e. The molecule has 23 heteroatoms. The number of aromatic hydroxyl groups is 1. The van der Waals surface area contributed by atoms with Gasteiger partial charge in [-0.05, 0) is 50.8 Å². The maximum atomic E-state index is 14.3. The molecule has 69 heavy (non-hydrogen) atoms. The van der Waals surface area contributed by atoms with Crippen LogP contribution in [0.15, 0.2) is 48.6 Å². The van der Waals surface area contributed by atoms with Gasteiger partial charge in [-0.2, -0.15) is 0 Å². The molecule has 3 aliphatic heterocycles. The second kappa shape index (κ2) is 26.2. The van der Waals surface area contributed by atoms with Crippen LogP contribution in [0.2, 0.25) is 0 Å². The van der Waals surface area contributed by atoms with Gasteiger partial charge >= 0.3 is 0 Å². The van der Waals surface area contributed by atoms with E-state index in [0.717, 1.165) is 61.5 Å². The molecule has 3 aliphatic rings. The Morgan fingerprint density at radius 3 is 2.01 bits per heavy atom. The quantitative estimate of drug-likeness (QED) is 0.0626. The molecule has 16 atom stereocenters. The van der Waals surface area contributed by atoms with Crippen LogP contribution in [0.3, 0.4) is 0 Å². The average Bonchev–Trinajstić information content (AvgIpc) is 3.84. The molecule has 4 rings (SSSR count). The van der Waals surface area contributed by atoms with Crippen molar-refractivity contribution in [3.05, 3.63) is 54.1 Å². The monoisotopic (exact) mass is 977 g/mol. The molecule has 0 aliphatic carbocycles. The lowest BCUT2D eigenvalue weighted by Crippen LogP contribution is -2.64. The molecule has 0 spiro atoms. The molecule has 6 amide bonds. The zero-order valence-electron chi connectivity index (χ0n) is 39.2. The van der Waals surface area contributed by atoms with Crippen molar-refractivity contribution in [1.82, 2.24) is 36.4 Å². The number of hydrogen-bond donors (Lipinski definition) is 15. The highest BCUT2D eigenvalue weighted by Crippen LogP contribution is 2.27. The summed E-state index contributed by atoms with van der Waals surface area (Å²) in [6.07, 6.45) is -6.40. The Kier molecular flexibility index (Phi) is 21.5. The van der Waals surface area contributed by atoms with Gasteiger partial charge in [-0.25, -0.2) is 0 Å². The highest BCUT2D eigenvalue weighted by Gasteiger charge is 2.50. The first-order valence-electron chi connectivity index (χ1n) is 23.4. The predicted octanol–water partition coefficient (Wildman–Crippen LogP) is -3.88. The van der Waals surface area contributed by atoms with E-state index in [1.54, 1.807) is 12.2 Å². The molecule has 3 heterocycles. The summed E-state index contributed by atoms with van der Waals surface area (Å²) in [5, 5.41) is 122. The van der Waals surface area contributed by atoms with E-state index in [1.807, 2.05) is 12.2 Å². The van der Waals surface area contributed by atoms with Gasteiger partial charge in [-0.15, -0.1) is 0 Å². The molecule has 386 valence electrons. The summed E-state index contributed by atoms with van der Waals surface area (Å²) < 4.78 is 0. The summed E-state index contributed by atoms with van der Waals surface area (Å²) in [7, 11) is 0. The SMILES string of the molecule is CCCCC/C=C\C/C=C\CC(=O)N[C@H]1C[C@@H](O)[C@@H](O)NC(=O)[C@@H]2[C@@H](O)[C@@H](C)CN2C(=O)[C@H]([C@@H](C)O)NC(=O)[C@H]([C@H](O)[C@@H](O)c2ccc(O)cc2)NC(=O)[C@@H]2C[C@@H](O)CN2C(=O)[C@H]([C@@H](C)O)NC1O. The van der Waals surface area contributed by atoms with E-state index in [0.29, 0.717) is 6.42 Å². The molecule has 0 saturated carbocycles. The molecule has 0 radical (unpaired) electrons. The zero-order valence-corrected chi connectivity index (χ0v) is 39.2. The minimum absolute atomic E-state index is 0.0570. The van der Waals surface area contributed by atoms with Crippen molar-refractivity contribution in [2.75, 3.05) is 13.1 Å². The normalized spacial score (nSPS) is 32.1. The van der Waals surface area contributed by atoms with Crippen molar-refractivity contribution in [1.29, 1.82) is 0 Å². The van der Waals surface area contributed by atoms with Gasteiger partial charge in [0.25, 0.3) is 0 Å². The number of rotatable bonds is 14. The van der Waals surface area contributed by atoms with Crippen molar-refractivity contribution in [2.45, 2.75) is 170 Å². The minimum atomic E-state index is -2.26. The lowest BCUT2D eigenvalue weighted by molar-refractivity contribution is -0.148. The number of hydrogen-bond acceptors (Lipinski definition) is 17. The van der Waals surface area contributed by atoms with E-state index < -0.39 is 152 Å². The third kappa shape index (κ3) is 15.2. The fraction of sp³-hybridized carbons (Fsp3) is 0.652. The number of carbonyl (C=O) groups excluding carboxylic acids is 6. The van der Waals surface area contributed by atoms with Crippen molar-refractivity contribution in [3.8, 4) is 5.75 Å². The van der Waals surface area contributed by atoms with Gasteiger partial charge in [0, 0.05) is 38.3 Å². The van der Waals surface area contributed by atoms with E-state index in [1.165, 1.54) is 19.1 Å². The number of nitrogens with one attached hydrogen (secondary N) is 5. The number of phenols is 1. The second-order valence-corrected chi connectivity index (χ2v) is 18.2. The van der Waals surface area contributed by atoms with E-state index >= 15 is 0 Å². The Bertz CT molecular complexity index is 1950. The maximum Gasteiger partial charge on any atom is 0.248 e. The van der Waals surface area contributed by atoms with Crippen LogP contribution >= 0.6 is 0 Å². The summed E-state index contributed by atoms with van der Waals surface area (Å²) in [6.45, 7) is 4.95. The summed E-state index contributed by atoms with van der Waals surface area (Å²) in [4.78, 5) is 85.7. The first kappa shape index (κ1) is 56.5. The molecule has 0 bridgehead atoms. The predicted molar refractivity (Wildman–Crippen MR) is 244 cm³/mol. The van der Waals surface area contributed by atoms with Crippen LogP contribution in [0.1, 0.15) is 90.7 Å². The smallest absolute Gasteiger partial charge is 0.248 e. The highest BCUT2D eigenvalue weighted by molar-refractivity contribution is 5.97. The number of fused-ring (bicyclic) bond motifs is 2. The molecule has 3 saturated heterocycles. The largest absolute Gasteiger partial charge is 0.508 e. The topological polar surface area (TPSA) is 371 Å². The van der Waals surface area contributed by atoms with Crippen molar-refractivity contribution in [3.63, 3.8) is 0 Å². The van der Waals surface area contributed by atoms with E-state index in [-0.39, 0.29) is 24.3 Å². The number of phenolic OH excluding ortho intramolecular Hbond substituents is 1. The third-order valence-electron chi connectivity index (χ3n) is 12.5. The van der Waals surface area contributed by atoms with Crippen LogP contribution in [-0.2, 0) is 28.8 Å². The molecule has 0 aromatic heterocycles. The van der Waals surface area contributed by atoms with Gasteiger partial charge in [0.05, 0.1) is 30.5 Å². The Hall–Kier alpha value is -5.08. The van der Waals surface area contributed by atoms with Crippen molar-refractivity contribution >= 4 is 35.4 Å². The fourth-order valence-corrected chi connectivity index (χ4v) is 8.51. The van der Waals surface area contributed by atoms with Gasteiger partial charge < -0.3 is 82.1 Å². The Morgan fingerprint density at radius 2 is 1.38 bits per heavy atom. The number of aliphatic hydroxyl groups excluding tert-OH is 9. The molecule has 1 aromatic carbocycles. The van der Waals surface area contributed by atoms with E-state index in [9.17, 15) is 79.8 Å². The average molecular weight is 978 g/mol. The van der Waals surface area contributed by atoms with Gasteiger partial charge in [0.1, 0.15) is 60.5 Å². The Labute approximate surface area is 400 Å². The molecule has 1 aromatic rings. The number of unbranched alkanes of at least 4 members (excludes halogenated alkanes) is 3. The van der Waals surface area contributed by atoms with Crippen LogP contribution in [-0.4, -0.2) is 195 Å². The molecule has 15 N–H and O–H groups in total. The summed E-state index contributed by atoms with van der Waals surface area (Å²) in [5.41, 5.74) is -0.0570. The van der Waals surface area contributed by atoms with Crippen LogP contribution < -0.4 is 26.6 Å². The summed E-state index contributed by atoms with van der Waals surface area (Å²) in [5.74, 6) is -7.76. The summed E-state index contributed by atoms with van der Waals surface area (Å²) in [6, 6.07) is -6.30. The molecule has 1 unspecified atom stereocenters. The van der Waals surface area contributed by atoms with E-state index in [4.69, 9.17) is 0 Å². The standard InChI is InChI=1S/C46H71N7O16/c1-5-6-7-8-9-10-11-12-13-14-32(59)47-29-20-31(58)42(65)51-44(67)36-37(60)23(2)21-53(36)46(69)34(25(4)55)49-43(66)35(39(62)38(61)26-15-17-27(56)18-16-26)50-41(64)30-19-28(57)22-52(30)45(68)33(24(3)54)48-40(29)63/h9-10,12-13,15-18,23-25,28-31,33-40,42,48,54-58,60-63,65H,5-8,11,14,19-22H2,1-4H3,(H,47,59)(H,49,66)(H,50,64)(H,51,67)/b10-9-,13-12-/t23-,24+,25+,28+,29-,30-,31+,33-,34-,35-,36-,37-,38-,39-,40?,42+/m0/s1. The number of allylic oxidation sites excluding steroid dienone is 3. The van der Waals surface area contributed by atoms with Gasteiger partial charge in [-0.3, -0.25) is 34.1 Å². The number of benzene rings is 1. The van der Waals surface area contributed by atoms with Gasteiger partial charge in [-0.1, -0.05) is 63.1 Å². The van der Waals surface area contributed by atoms with Gasteiger partial charge in [0.2, 0.25) is 35.4 Å². The molecular formula is C46H71N7O16. The Balaban J connectivity index is 1.76. The van der Waals surface area contributed by atoms with Crippen LogP contribution in [0.4, 0.5) is 0 Å². The number of aliphatic hydroxyl groups is 9. The van der Waals surface area contributed by atoms with Crippen LogP contribution in [0.25, 0.3) is 0 Å². The molecular weight excluding hydrogens is 907 g/mol. The first-order chi connectivity index (χ1) is 32.6. The maximum absolute atomic E-state index is 14.3. The molecule has 3 fully saturated rings. The second-order valence-electron chi connectivity index (χ2n) is 18.2. The molecule has 23 nitrogen and oxygen atoms in total. The van der Waals surface area contributed by atoms with Crippen LogP contribution in [0, 0.1) is 5.92 Å². The van der Waals surface area contributed by atoms with Crippen molar-refractivity contribution < 1.29 is 79.8 Å². The van der Waals surface area contributed by atoms with Gasteiger partial charge in [0.15, 0.2) is 6.23 Å². The third-order valence-corrected chi connectivity index (χ3v) is 12.5. The summed E-state index contributed by atoms with van der Waals surface area (Å²) >= 11 is 0. The fourth-order valence-electron chi connectivity index (χ4n) is 8.51. The highest BCUT2D eigenvalue weighted by atomic mass is 16.3. The number of amides is 6.